The van der Waals surface area contributed by atoms with Crippen LogP contribution in [0.15, 0.2) is 47.8 Å². The molecule has 0 aliphatic carbocycles. The Morgan fingerprint density at radius 2 is 2.09 bits per heavy atom. The molecule has 0 radical (unpaired) electrons. The largest absolute Gasteiger partial charge is 0.331 e. The van der Waals surface area contributed by atoms with Crippen molar-refractivity contribution in [2.45, 2.75) is 27.2 Å². The second kappa shape index (κ2) is 7.66. The summed E-state index contributed by atoms with van der Waals surface area (Å²) < 4.78 is 0. The van der Waals surface area contributed by atoms with E-state index in [4.69, 9.17) is 12.2 Å². The van der Waals surface area contributed by atoms with Gasteiger partial charge in [-0.25, -0.2) is 0 Å². The fraction of sp³-hybridized carbons (Fsp3) is 0.235. The molecular weight excluding hydrogens is 292 g/mol. The Morgan fingerprint density at radius 3 is 2.77 bits per heavy atom. The van der Waals surface area contributed by atoms with Crippen LogP contribution in [0, 0.1) is 6.92 Å². The van der Waals surface area contributed by atoms with Crippen molar-refractivity contribution in [1.29, 1.82) is 0 Å². The zero-order valence-corrected chi connectivity index (χ0v) is 13.9. The lowest BCUT2D eigenvalue weighted by Crippen LogP contribution is -2.26. The van der Waals surface area contributed by atoms with E-state index in [2.05, 4.69) is 52.9 Å². The highest BCUT2D eigenvalue weighted by atomic mass is 32.1. The fourth-order valence-electron chi connectivity index (χ4n) is 2.12. The van der Waals surface area contributed by atoms with Crippen molar-refractivity contribution in [2.24, 2.45) is 5.10 Å². The van der Waals surface area contributed by atoms with Crippen molar-refractivity contribution in [3.8, 4) is 0 Å². The quantitative estimate of drug-likeness (QED) is 0.514. The summed E-state index contributed by atoms with van der Waals surface area (Å²) in [4.78, 5) is 4.08. The number of pyridine rings is 1. The van der Waals surface area contributed by atoms with E-state index < -0.39 is 0 Å². The van der Waals surface area contributed by atoms with Gasteiger partial charge in [-0.05, 0) is 49.7 Å². The number of aryl methyl sites for hydroxylation is 2. The van der Waals surface area contributed by atoms with E-state index in [1.165, 1.54) is 5.56 Å². The van der Waals surface area contributed by atoms with Gasteiger partial charge in [-0.15, -0.1) is 0 Å². The number of benzene rings is 1. The predicted molar refractivity (Wildman–Crippen MR) is 96.4 cm³/mol. The lowest BCUT2D eigenvalue weighted by Gasteiger charge is -2.14. The average molecular weight is 312 g/mol. The van der Waals surface area contributed by atoms with E-state index in [-0.39, 0.29) is 0 Å². The van der Waals surface area contributed by atoms with Crippen LogP contribution in [0.25, 0.3) is 0 Å². The molecule has 1 heterocycles. The molecule has 0 atom stereocenters. The van der Waals surface area contributed by atoms with Crippen LogP contribution in [-0.4, -0.2) is 15.8 Å². The van der Waals surface area contributed by atoms with Gasteiger partial charge in [0.15, 0.2) is 5.11 Å². The molecular formula is C17H20N4S. The van der Waals surface area contributed by atoms with Crippen LogP contribution in [0.3, 0.4) is 0 Å². The first kappa shape index (κ1) is 16.1. The number of nitrogens with one attached hydrogen (secondary N) is 2. The Kier molecular flexibility index (Phi) is 5.61. The van der Waals surface area contributed by atoms with Crippen LogP contribution in [0.1, 0.15) is 30.5 Å². The molecule has 2 aromatic rings. The van der Waals surface area contributed by atoms with E-state index in [1.807, 2.05) is 19.1 Å². The normalized spacial score (nSPS) is 11.1. The number of aromatic nitrogens is 1. The van der Waals surface area contributed by atoms with Gasteiger partial charge >= 0.3 is 0 Å². The van der Waals surface area contributed by atoms with Gasteiger partial charge in [0.1, 0.15) is 0 Å². The summed E-state index contributed by atoms with van der Waals surface area (Å²) >= 11 is 5.33. The van der Waals surface area contributed by atoms with E-state index in [1.54, 1.807) is 12.4 Å². The summed E-state index contributed by atoms with van der Waals surface area (Å²) in [5.74, 6) is 0. The Bertz CT molecular complexity index is 680. The first-order valence-corrected chi connectivity index (χ1v) is 7.62. The highest BCUT2D eigenvalue weighted by Gasteiger charge is 2.06. The molecule has 5 heteroatoms. The Hall–Kier alpha value is -2.27. The van der Waals surface area contributed by atoms with Gasteiger partial charge in [0.2, 0.25) is 0 Å². The summed E-state index contributed by atoms with van der Waals surface area (Å²) in [5, 5.41) is 8.01. The molecule has 4 nitrogen and oxygen atoms in total. The second-order valence-corrected chi connectivity index (χ2v) is 5.38. The maximum Gasteiger partial charge on any atom is 0.191 e. The predicted octanol–water partition coefficient (Wildman–Crippen LogP) is 3.66. The second-order valence-electron chi connectivity index (χ2n) is 4.97. The minimum atomic E-state index is 0.479. The maximum absolute atomic E-state index is 5.33. The molecule has 0 saturated carbocycles. The average Bonchev–Trinajstić information content (AvgIpc) is 2.55. The number of anilines is 1. The highest BCUT2D eigenvalue weighted by Crippen LogP contribution is 2.20. The van der Waals surface area contributed by atoms with Crippen LogP contribution in [0.5, 0.6) is 0 Å². The third-order valence-electron chi connectivity index (χ3n) is 3.38. The number of thiocarbonyl (C=S) groups is 1. The van der Waals surface area contributed by atoms with Crippen molar-refractivity contribution >= 4 is 28.7 Å². The molecule has 114 valence electrons. The molecule has 0 unspecified atom stereocenters. The monoisotopic (exact) mass is 312 g/mol. The number of para-hydroxylation sites is 1. The van der Waals surface area contributed by atoms with Crippen molar-refractivity contribution in [3.63, 3.8) is 0 Å². The smallest absolute Gasteiger partial charge is 0.191 e. The van der Waals surface area contributed by atoms with E-state index in [0.29, 0.717) is 5.11 Å². The molecule has 2 N–H and O–H groups in total. The molecule has 0 saturated heterocycles. The van der Waals surface area contributed by atoms with Crippen LogP contribution < -0.4 is 10.7 Å². The molecule has 2 rings (SSSR count). The Labute approximate surface area is 136 Å². The molecule has 0 aliphatic heterocycles. The summed E-state index contributed by atoms with van der Waals surface area (Å²) in [6.45, 7) is 6.10. The van der Waals surface area contributed by atoms with E-state index >= 15 is 0 Å². The topological polar surface area (TPSA) is 49.3 Å². The summed E-state index contributed by atoms with van der Waals surface area (Å²) in [5.41, 5.74) is 8.13. The summed E-state index contributed by atoms with van der Waals surface area (Å²) in [7, 11) is 0. The first-order chi connectivity index (χ1) is 10.6. The third kappa shape index (κ3) is 4.11. The van der Waals surface area contributed by atoms with Crippen LogP contribution in [0.2, 0.25) is 0 Å². The molecule has 0 amide bonds. The lowest BCUT2D eigenvalue weighted by molar-refractivity contribution is 1.03. The van der Waals surface area contributed by atoms with Crippen LogP contribution >= 0.6 is 12.2 Å². The van der Waals surface area contributed by atoms with Crippen LogP contribution in [-0.2, 0) is 6.42 Å². The third-order valence-corrected chi connectivity index (χ3v) is 3.58. The maximum atomic E-state index is 5.33. The molecule has 0 aliphatic rings. The van der Waals surface area contributed by atoms with Crippen molar-refractivity contribution in [2.75, 3.05) is 5.32 Å². The number of nitrogens with zero attached hydrogens (tertiary/aromatic N) is 2. The van der Waals surface area contributed by atoms with Gasteiger partial charge in [-0.1, -0.05) is 31.2 Å². The molecule has 0 bridgehead atoms. The number of rotatable bonds is 4. The first-order valence-electron chi connectivity index (χ1n) is 7.22. The molecule has 0 spiro atoms. The minimum absolute atomic E-state index is 0.479. The summed E-state index contributed by atoms with van der Waals surface area (Å²) in [6, 6.07) is 10.1. The minimum Gasteiger partial charge on any atom is -0.331 e. The molecule has 22 heavy (non-hydrogen) atoms. The Balaban J connectivity index is 2.05. The van der Waals surface area contributed by atoms with Gasteiger partial charge in [0, 0.05) is 23.6 Å². The van der Waals surface area contributed by atoms with Gasteiger partial charge < -0.3 is 5.32 Å². The fourth-order valence-corrected chi connectivity index (χ4v) is 2.27. The van der Waals surface area contributed by atoms with E-state index in [9.17, 15) is 0 Å². The number of hydrogen-bond donors (Lipinski definition) is 2. The van der Waals surface area contributed by atoms with Gasteiger partial charge in [-0.3, -0.25) is 10.4 Å². The Morgan fingerprint density at radius 1 is 1.27 bits per heavy atom. The highest BCUT2D eigenvalue weighted by molar-refractivity contribution is 7.80. The zero-order chi connectivity index (χ0) is 15.9. The standard InChI is InChI=1S/C17H20N4S/c1-4-14-8-5-7-12(2)16(14)19-17(22)21-20-13(3)15-9-6-10-18-11-15/h5-11H,4H2,1-3H3,(H2,19,21,22)/b20-13-. The number of hydrazone groups is 1. The van der Waals surface area contributed by atoms with Crippen molar-refractivity contribution in [1.82, 2.24) is 10.4 Å². The van der Waals surface area contributed by atoms with Crippen molar-refractivity contribution < 1.29 is 0 Å². The van der Waals surface area contributed by atoms with Gasteiger partial charge in [0.25, 0.3) is 0 Å². The number of hydrogen-bond acceptors (Lipinski definition) is 3. The van der Waals surface area contributed by atoms with Crippen LogP contribution in [0.4, 0.5) is 5.69 Å². The van der Waals surface area contributed by atoms with Gasteiger partial charge in [0.05, 0.1) is 5.71 Å². The molecule has 1 aromatic carbocycles. The summed E-state index contributed by atoms with van der Waals surface area (Å²) in [6.07, 6.45) is 4.46. The molecule has 0 fully saturated rings. The zero-order valence-electron chi connectivity index (χ0n) is 13.1. The lowest BCUT2D eigenvalue weighted by atomic mass is 10.1. The van der Waals surface area contributed by atoms with Crippen molar-refractivity contribution in [3.05, 3.63) is 59.4 Å². The molecule has 1 aromatic heterocycles. The van der Waals surface area contributed by atoms with E-state index in [0.717, 1.165) is 28.9 Å². The SMILES string of the molecule is CCc1cccc(C)c1NC(=S)N/N=C(/C)c1cccnc1. The van der Waals surface area contributed by atoms with Gasteiger partial charge in [-0.2, -0.15) is 5.10 Å².